The Hall–Kier alpha value is -2.51. The van der Waals surface area contributed by atoms with E-state index in [1.54, 1.807) is 12.1 Å². The van der Waals surface area contributed by atoms with Gasteiger partial charge in [0.2, 0.25) is 5.95 Å². The number of aromatic nitrogens is 2. The van der Waals surface area contributed by atoms with Gasteiger partial charge >= 0.3 is 6.36 Å². The summed E-state index contributed by atoms with van der Waals surface area (Å²) in [5.74, 6) is 0.965. The van der Waals surface area contributed by atoms with Crippen molar-refractivity contribution in [2.75, 3.05) is 10.6 Å². The predicted octanol–water partition coefficient (Wildman–Crippen LogP) is 4.82. The molecule has 0 amide bonds. The van der Waals surface area contributed by atoms with Gasteiger partial charge in [-0.05, 0) is 38.8 Å². The van der Waals surface area contributed by atoms with Crippen molar-refractivity contribution < 1.29 is 17.9 Å². The highest BCUT2D eigenvalue weighted by atomic mass is 19.4. The molecule has 1 fully saturated rings. The molecular weight excluding hydrogens is 333 g/mol. The van der Waals surface area contributed by atoms with Crippen LogP contribution in [0.1, 0.15) is 38.3 Å². The van der Waals surface area contributed by atoms with E-state index in [2.05, 4.69) is 25.3 Å². The number of alkyl halides is 3. The van der Waals surface area contributed by atoms with E-state index in [9.17, 15) is 13.2 Å². The van der Waals surface area contributed by atoms with Gasteiger partial charge < -0.3 is 15.4 Å². The van der Waals surface area contributed by atoms with Crippen LogP contribution in [0.5, 0.6) is 5.75 Å². The minimum atomic E-state index is -4.76. The summed E-state index contributed by atoms with van der Waals surface area (Å²) in [5.41, 5.74) is 1.07. The van der Waals surface area contributed by atoms with Gasteiger partial charge in [-0.1, -0.05) is 12.1 Å². The summed E-state index contributed by atoms with van der Waals surface area (Å²) in [7, 11) is 0. The van der Waals surface area contributed by atoms with Gasteiger partial charge in [-0.3, -0.25) is 0 Å². The van der Waals surface area contributed by atoms with Crippen LogP contribution in [0.2, 0.25) is 0 Å². The Morgan fingerprint density at radius 2 is 1.88 bits per heavy atom. The number of anilines is 3. The van der Waals surface area contributed by atoms with E-state index >= 15 is 0 Å². The normalized spacial score (nSPS) is 14.5. The zero-order valence-corrected chi connectivity index (χ0v) is 13.9. The van der Waals surface area contributed by atoms with Crippen LogP contribution in [0.4, 0.5) is 30.6 Å². The molecule has 3 rings (SSSR count). The van der Waals surface area contributed by atoms with Crippen LogP contribution in [-0.2, 0) is 0 Å². The highest BCUT2D eigenvalue weighted by Crippen LogP contribution is 2.40. The average Bonchev–Trinajstić information content (AvgIpc) is 3.31. The molecule has 5 nitrogen and oxygen atoms in total. The van der Waals surface area contributed by atoms with Crippen molar-refractivity contribution in [3.63, 3.8) is 0 Å². The molecule has 134 valence electrons. The van der Waals surface area contributed by atoms with Crippen LogP contribution in [0.3, 0.4) is 0 Å². The Morgan fingerprint density at radius 3 is 2.52 bits per heavy atom. The molecule has 25 heavy (non-hydrogen) atoms. The smallest absolute Gasteiger partial charge is 0.404 e. The maximum absolute atomic E-state index is 12.6. The predicted molar refractivity (Wildman–Crippen MR) is 89.2 cm³/mol. The molecule has 8 heteroatoms. The second-order valence-electron chi connectivity index (χ2n) is 6.24. The van der Waals surface area contributed by atoms with Gasteiger partial charge in [0.25, 0.3) is 0 Å². The fourth-order valence-corrected chi connectivity index (χ4v) is 2.36. The van der Waals surface area contributed by atoms with Gasteiger partial charge in [0.05, 0.1) is 11.4 Å². The quantitative estimate of drug-likeness (QED) is 0.781. The fourth-order valence-electron chi connectivity index (χ4n) is 2.36. The van der Waals surface area contributed by atoms with Gasteiger partial charge in [-0.25, -0.2) is 4.98 Å². The molecule has 0 spiro atoms. The third-order valence-corrected chi connectivity index (χ3v) is 3.53. The van der Waals surface area contributed by atoms with Crippen LogP contribution in [-0.4, -0.2) is 22.4 Å². The molecular formula is C17H19F3N4O. The van der Waals surface area contributed by atoms with Crippen molar-refractivity contribution in [1.82, 2.24) is 9.97 Å². The van der Waals surface area contributed by atoms with E-state index in [4.69, 9.17) is 0 Å². The summed E-state index contributed by atoms with van der Waals surface area (Å²) in [6, 6.07) is 7.79. The van der Waals surface area contributed by atoms with Crippen molar-refractivity contribution in [3.8, 4) is 5.75 Å². The second-order valence-corrected chi connectivity index (χ2v) is 6.24. The molecule has 2 N–H and O–H groups in total. The summed E-state index contributed by atoms with van der Waals surface area (Å²) in [4.78, 5) is 8.83. The van der Waals surface area contributed by atoms with Gasteiger partial charge in [-0.2, -0.15) is 4.98 Å². The van der Waals surface area contributed by atoms with E-state index in [-0.39, 0.29) is 17.5 Å². The molecule has 1 aromatic carbocycles. The number of para-hydroxylation sites is 2. The lowest BCUT2D eigenvalue weighted by Crippen LogP contribution is -2.18. The van der Waals surface area contributed by atoms with Crippen molar-refractivity contribution in [1.29, 1.82) is 0 Å². The summed E-state index contributed by atoms with van der Waals surface area (Å²) in [5, 5.41) is 6.05. The molecule has 0 bridgehead atoms. The van der Waals surface area contributed by atoms with E-state index in [1.807, 2.05) is 13.8 Å². The molecule has 0 atom stereocenters. The summed E-state index contributed by atoms with van der Waals surface area (Å²) >= 11 is 0. The Labute approximate surface area is 143 Å². The maximum Gasteiger partial charge on any atom is 0.573 e. The van der Waals surface area contributed by atoms with Crippen LogP contribution in [0.25, 0.3) is 0 Å². The number of nitrogens with zero attached hydrogens (tertiary/aromatic N) is 2. The number of rotatable bonds is 6. The Morgan fingerprint density at radius 1 is 1.16 bits per heavy atom. The number of benzene rings is 1. The molecule has 0 radical (unpaired) electrons. The number of hydrogen-bond donors (Lipinski definition) is 2. The van der Waals surface area contributed by atoms with E-state index < -0.39 is 6.36 Å². The Bertz CT molecular complexity index is 745. The van der Waals surface area contributed by atoms with Gasteiger partial charge in [-0.15, -0.1) is 13.2 Å². The van der Waals surface area contributed by atoms with Crippen molar-refractivity contribution in [2.24, 2.45) is 0 Å². The summed E-state index contributed by atoms with van der Waals surface area (Å²) < 4.78 is 41.7. The number of nitrogens with one attached hydrogen (secondary N) is 2. The van der Waals surface area contributed by atoms with E-state index in [0.29, 0.717) is 17.7 Å². The first-order valence-corrected chi connectivity index (χ1v) is 8.07. The second kappa shape index (κ2) is 6.78. The van der Waals surface area contributed by atoms with Crippen LogP contribution in [0, 0.1) is 0 Å². The minimum absolute atomic E-state index is 0.142. The lowest BCUT2D eigenvalue weighted by molar-refractivity contribution is -0.274. The molecule has 1 heterocycles. The zero-order chi connectivity index (χ0) is 18.0. The lowest BCUT2D eigenvalue weighted by atomic mass is 10.2. The number of hydrogen-bond acceptors (Lipinski definition) is 5. The van der Waals surface area contributed by atoms with Crippen molar-refractivity contribution in [3.05, 3.63) is 36.0 Å². The van der Waals surface area contributed by atoms with Gasteiger partial charge in [0, 0.05) is 18.0 Å². The molecule has 0 aliphatic heterocycles. The monoisotopic (exact) mass is 352 g/mol. The van der Waals surface area contributed by atoms with Crippen LogP contribution < -0.4 is 15.4 Å². The van der Waals surface area contributed by atoms with Crippen LogP contribution in [0.15, 0.2) is 30.3 Å². The van der Waals surface area contributed by atoms with E-state index in [1.165, 1.54) is 18.2 Å². The summed E-state index contributed by atoms with van der Waals surface area (Å²) in [6.07, 6.45) is -2.64. The first-order valence-electron chi connectivity index (χ1n) is 8.07. The topological polar surface area (TPSA) is 59.1 Å². The maximum atomic E-state index is 12.6. The highest BCUT2D eigenvalue weighted by molar-refractivity contribution is 5.65. The molecule has 1 aliphatic rings. The first kappa shape index (κ1) is 17.3. The molecule has 1 aromatic heterocycles. The van der Waals surface area contributed by atoms with E-state index in [0.717, 1.165) is 18.5 Å². The van der Waals surface area contributed by atoms with Crippen molar-refractivity contribution >= 4 is 17.5 Å². The number of halogens is 3. The Kier molecular flexibility index (Phi) is 4.69. The highest BCUT2D eigenvalue weighted by Gasteiger charge is 2.32. The Balaban J connectivity index is 1.88. The molecule has 1 aliphatic carbocycles. The lowest BCUT2D eigenvalue weighted by Gasteiger charge is -2.16. The minimum Gasteiger partial charge on any atom is -0.404 e. The third-order valence-electron chi connectivity index (χ3n) is 3.53. The van der Waals surface area contributed by atoms with Crippen molar-refractivity contribution in [2.45, 2.75) is 45.0 Å². The zero-order valence-electron chi connectivity index (χ0n) is 13.9. The van der Waals surface area contributed by atoms with Gasteiger partial charge in [0.15, 0.2) is 5.75 Å². The molecule has 0 unspecified atom stereocenters. The average molecular weight is 352 g/mol. The third kappa shape index (κ3) is 4.98. The largest absolute Gasteiger partial charge is 0.573 e. The van der Waals surface area contributed by atoms with Crippen LogP contribution >= 0.6 is 0 Å². The van der Waals surface area contributed by atoms with Gasteiger partial charge in [0.1, 0.15) is 5.82 Å². The molecule has 2 aromatic rings. The standard InChI is InChI=1S/C17H19F3N4O/c1-10(2)21-16-23-13(11-7-8-11)9-15(24-16)22-12-5-3-4-6-14(12)25-17(18,19)20/h3-6,9-11H,7-8H2,1-2H3,(H2,21,22,23,24). The molecule has 0 saturated heterocycles. The number of ether oxygens (including phenoxy) is 1. The first-order chi connectivity index (χ1) is 11.8. The SMILES string of the molecule is CC(C)Nc1nc(Nc2ccccc2OC(F)(F)F)cc(C2CC2)n1. The summed E-state index contributed by atoms with van der Waals surface area (Å²) in [6.45, 7) is 3.93. The fraction of sp³-hybridized carbons (Fsp3) is 0.412. The molecule has 1 saturated carbocycles.